The minimum atomic E-state index is 0.0787. The predicted molar refractivity (Wildman–Crippen MR) is 19.3 cm³/mol. The van der Waals surface area contributed by atoms with E-state index >= 15 is 0 Å². The summed E-state index contributed by atoms with van der Waals surface area (Å²) in [5.41, 5.74) is 0. The Labute approximate surface area is 38.9 Å². The Hall–Kier alpha value is -0.570. The molecule has 0 radical (unpaired) electrons. The topological polar surface area (TPSA) is 38.9 Å². The van der Waals surface area contributed by atoms with Crippen molar-refractivity contribution in [3.63, 3.8) is 0 Å². The van der Waals surface area contributed by atoms with Crippen molar-refractivity contribution >= 4 is 11.6 Å². The maximum absolute atomic E-state index is 5.11. The molecule has 0 saturated heterocycles. The van der Waals surface area contributed by atoms with Crippen LogP contribution in [0.5, 0.6) is 0 Å². The molecule has 0 spiro atoms. The second-order valence-electron chi connectivity index (χ2n) is 0.694. The van der Waals surface area contributed by atoms with E-state index in [2.05, 4.69) is 14.7 Å². The third kappa shape index (κ3) is 0.490. The summed E-state index contributed by atoms with van der Waals surface area (Å²) in [6.07, 6.45) is 1.24. The lowest BCUT2D eigenvalue weighted by Gasteiger charge is -1.59. The molecule has 0 N–H and O–H groups in total. The van der Waals surface area contributed by atoms with Gasteiger partial charge in [-0.05, 0) is 11.6 Å². The zero-order valence-electron chi connectivity index (χ0n) is 2.76. The molecule has 0 atom stereocenters. The van der Waals surface area contributed by atoms with E-state index in [1.54, 1.807) is 0 Å². The van der Waals surface area contributed by atoms with Gasteiger partial charge in [-0.15, -0.1) is 0 Å². The molecule has 0 unspecified atom stereocenters. The van der Waals surface area contributed by atoms with Gasteiger partial charge in [0.1, 0.15) is 0 Å². The first-order valence-electron chi connectivity index (χ1n) is 1.32. The van der Waals surface area contributed by atoms with Gasteiger partial charge in [-0.2, -0.15) is 4.98 Å². The Morgan fingerprint density at radius 2 is 2.67 bits per heavy atom. The summed E-state index contributed by atoms with van der Waals surface area (Å²) in [7, 11) is 0. The first-order valence-corrected chi connectivity index (χ1v) is 1.69. The van der Waals surface area contributed by atoms with Gasteiger partial charge in [0.05, 0.1) is 0 Å². The third-order valence-electron chi connectivity index (χ3n) is 0.334. The highest BCUT2D eigenvalue weighted by Gasteiger charge is 1.83. The van der Waals surface area contributed by atoms with Crippen LogP contribution in [0.3, 0.4) is 0 Å². The Kier molecular flexibility index (Phi) is 0.759. The fourth-order valence-electron chi connectivity index (χ4n) is 0.160. The molecule has 1 aromatic heterocycles. The molecule has 4 heteroatoms. The number of hydrogen-bond donors (Lipinski definition) is 0. The monoisotopic (exact) mass is 104 g/mol. The van der Waals surface area contributed by atoms with Gasteiger partial charge in [-0.3, -0.25) is 0 Å². The number of hydrogen-bond acceptors (Lipinski definition) is 3. The summed E-state index contributed by atoms with van der Waals surface area (Å²) in [6, 6.07) is 0. The average Bonchev–Trinajstić information content (AvgIpc) is 1.86. The first-order chi connectivity index (χ1) is 2.89. The van der Waals surface area contributed by atoms with E-state index in [9.17, 15) is 0 Å². The fraction of sp³-hybridized carbons (Fsp3) is 0. The van der Waals surface area contributed by atoms with Crippen molar-refractivity contribution in [2.75, 3.05) is 0 Å². The predicted octanol–water partition coefficient (Wildman–Crippen LogP) is 0.723. The number of nitrogens with zero attached hydrogens (tertiary/aromatic N) is 2. The summed E-state index contributed by atoms with van der Waals surface area (Å²) < 4.78 is 4.24. The van der Waals surface area contributed by atoms with Gasteiger partial charge < -0.3 is 4.52 Å². The summed E-state index contributed by atoms with van der Waals surface area (Å²) in [6.45, 7) is 0. The van der Waals surface area contributed by atoms with Crippen LogP contribution >= 0.6 is 11.6 Å². The summed E-state index contributed by atoms with van der Waals surface area (Å²) >= 11 is 5.11. The lowest BCUT2D eigenvalue weighted by Crippen LogP contribution is -1.49. The fourth-order valence-corrected chi connectivity index (χ4v) is 0.243. The maximum Gasteiger partial charge on any atom is 0.320 e. The summed E-state index contributed by atoms with van der Waals surface area (Å²) in [5.74, 6) is 0. The molecule has 3 nitrogen and oxygen atoms in total. The van der Waals surface area contributed by atoms with Crippen molar-refractivity contribution in [3.8, 4) is 0 Å². The smallest absolute Gasteiger partial charge is 0.320 e. The van der Waals surface area contributed by atoms with Crippen LogP contribution in [0.15, 0.2) is 10.9 Å². The molecule has 0 fully saturated rings. The molecule has 1 heterocycles. The van der Waals surface area contributed by atoms with E-state index in [4.69, 9.17) is 11.6 Å². The Bertz CT molecular complexity index is 115. The quantitative estimate of drug-likeness (QED) is 0.487. The van der Waals surface area contributed by atoms with E-state index in [0.29, 0.717) is 0 Å². The molecule has 0 aliphatic carbocycles. The molecule has 0 aliphatic heterocycles. The van der Waals surface area contributed by atoms with Crippen LogP contribution in [-0.4, -0.2) is 10.1 Å². The van der Waals surface area contributed by atoms with Crippen molar-refractivity contribution in [1.82, 2.24) is 10.1 Å². The Morgan fingerprint density at radius 3 is 2.83 bits per heavy atom. The van der Waals surface area contributed by atoms with Crippen LogP contribution in [0.2, 0.25) is 5.35 Å². The van der Waals surface area contributed by atoms with Crippen molar-refractivity contribution in [2.24, 2.45) is 0 Å². The van der Waals surface area contributed by atoms with Crippen molar-refractivity contribution in [3.05, 3.63) is 11.7 Å². The second-order valence-corrected chi connectivity index (χ2v) is 1.02. The second kappa shape index (κ2) is 1.26. The van der Waals surface area contributed by atoms with E-state index in [1.165, 1.54) is 6.33 Å². The van der Waals surface area contributed by atoms with Crippen LogP contribution in [0.4, 0.5) is 0 Å². The molecule has 0 bridgehead atoms. The highest BCUT2D eigenvalue weighted by molar-refractivity contribution is 6.27. The van der Waals surface area contributed by atoms with Crippen molar-refractivity contribution < 1.29 is 4.52 Å². The summed E-state index contributed by atoms with van der Waals surface area (Å²) in [4.78, 5) is 3.40. The molecule has 0 aliphatic rings. The van der Waals surface area contributed by atoms with Gasteiger partial charge in [0.2, 0.25) is 0 Å². The molecular formula is C2HClN2O. The number of rotatable bonds is 0. The largest absolute Gasteiger partial charge is 0.322 e. The molecular weight excluding hydrogens is 103 g/mol. The van der Waals surface area contributed by atoms with Crippen LogP contribution in [0.1, 0.15) is 0 Å². The molecule has 1 rings (SSSR count). The van der Waals surface area contributed by atoms with E-state index in [-0.39, 0.29) is 5.35 Å². The molecule has 0 saturated carbocycles. The van der Waals surface area contributed by atoms with Gasteiger partial charge in [-0.1, -0.05) is 5.16 Å². The highest BCUT2D eigenvalue weighted by atomic mass is 35.5. The number of halogens is 1. The Morgan fingerprint density at radius 1 is 1.83 bits per heavy atom. The van der Waals surface area contributed by atoms with Crippen LogP contribution in [0, 0.1) is 0 Å². The zero-order valence-corrected chi connectivity index (χ0v) is 3.51. The molecule has 1 aromatic rings. The van der Waals surface area contributed by atoms with Gasteiger partial charge >= 0.3 is 5.35 Å². The van der Waals surface area contributed by atoms with E-state index in [1.807, 2.05) is 0 Å². The summed E-state index contributed by atoms with van der Waals surface area (Å²) in [5, 5.41) is 3.28. The normalized spacial score (nSPS) is 8.83. The third-order valence-corrected chi connectivity index (χ3v) is 0.501. The van der Waals surface area contributed by atoms with Crippen LogP contribution in [-0.2, 0) is 0 Å². The Balaban J connectivity index is 3.05. The van der Waals surface area contributed by atoms with Crippen LogP contribution < -0.4 is 0 Å². The van der Waals surface area contributed by atoms with E-state index < -0.39 is 0 Å². The van der Waals surface area contributed by atoms with Crippen molar-refractivity contribution in [1.29, 1.82) is 0 Å². The highest BCUT2D eigenvalue weighted by Crippen LogP contribution is 1.95. The molecule has 6 heavy (non-hydrogen) atoms. The van der Waals surface area contributed by atoms with Crippen molar-refractivity contribution in [2.45, 2.75) is 0 Å². The van der Waals surface area contributed by atoms with Gasteiger partial charge in [-0.25, -0.2) is 0 Å². The minimum Gasteiger partial charge on any atom is -0.322 e. The SMILES string of the molecule is Clc1ncno1. The average molecular weight is 104 g/mol. The van der Waals surface area contributed by atoms with Gasteiger partial charge in [0.25, 0.3) is 0 Å². The minimum absolute atomic E-state index is 0.0787. The van der Waals surface area contributed by atoms with Gasteiger partial charge in [0.15, 0.2) is 6.33 Å². The van der Waals surface area contributed by atoms with Gasteiger partial charge in [0, 0.05) is 0 Å². The lowest BCUT2D eigenvalue weighted by molar-refractivity contribution is 0.418. The standard InChI is InChI=1S/C2HClN2O/c3-2-4-1-5-6-2/h1H. The first kappa shape index (κ1) is 3.61. The molecule has 0 amide bonds. The van der Waals surface area contributed by atoms with E-state index in [0.717, 1.165) is 0 Å². The maximum atomic E-state index is 5.11. The zero-order chi connectivity index (χ0) is 4.41. The van der Waals surface area contributed by atoms with Crippen LogP contribution in [0.25, 0.3) is 0 Å². The molecule has 32 valence electrons. The lowest BCUT2D eigenvalue weighted by atomic mass is 11.3. The molecule has 0 aromatic carbocycles. The number of aromatic nitrogens is 2.